The first-order valence-corrected chi connectivity index (χ1v) is 7.35. The van der Waals surface area contributed by atoms with Gasteiger partial charge < -0.3 is 10.2 Å². The predicted octanol–water partition coefficient (Wildman–Crippen LogP) is 3.13. The maximum absolute atomic E-state index is 3.49. The zero-order valence-electron chi connectivity index (χ0n) is 12.6. The molecule has 0 saturated carbocycles. The Labute approximate surface area is 108 Å². The molecule has 1 N–H and O–H groups in total. The number of nitrogens with zero attached hydrogens (tertiary/aromatic N) is 1. The Balaban J connectivity index is 2.11. The van der Waals surface area contributed by atoms with Crippen LogP contribution < -0.4 is 5.32 Å². The van der Waals surface area contributed by atoms with Gasteiger partial charge in [0.25, 0.3) is 0 Å². The molecular weight excluding hydrogens is 208 g/mol. The van der Waals surface area contributed by atoms with Gasteiger partial charge in [0.15, 0.2) is 0 Å². The zero-order valence-corrected chi connectivity index (χ0v) is 12.6. The Kier molecular flexibility index (Phi) is 5.94. The Morgan fingerprint density at radius 1 is 1.18 bits per heavy atom. The van der Waals surface area contributed by atoms with E-state index in [-0.39, 0.29) is 0 Å². The van der Waals surface area contributed by atoms with Gasteiger partial charge in [-0.1, -0.05) is 34.6 Å². The van der Waals surface area contributed by atoms with E-state index in [0.29, 0.717) is 11.5 Å². The maximum Gasteiger partial charge on any atom is 0.00103 e. The van der Waals surface area contributed by atoms with Crippen LogP contribution >= 0.6 is 0 Å². The van der Waals surface area contributed by atoms with Crippen molar-refractivity contribution in [1.29, 1.82) is 0 Å². The molecule has 0 spiro atoms. The number of piperidine rings is 1. The van der Waals surface area contributed by atoms with Gasteiger partial charge in [-0.05, 0) is 56.8 Å². The van der Waals surface area contributed by atoms with Crippen LogP contribution in [-0.4, -0.2) is 37.1 Å². The minimum atomic E-state index is 0.505. The molecule has 0 aromatic carbocycles. The van der Waals surface area contributed by atoms with Gasteiger partial charge in [-0.3, -0.25) is 0 Å². The van der Waals surface area contributed by atoms with Gasteiger partial charge in [0.05, 0.1) is 0 Å². The zero-order chi connectivity index (χ0) is 12.9. The quantitative estimate of drug-likeness (QED) is 0.743. The van der Waals surface area contributed by atoms with E-state index >= 15 is 0 Å². The minimum absolute atomic E-state index is 0.505. The van der Waals surface area contributed by atoms with E-state index in [9.17, 15) is 0 Å². The standard InChI is InChI=1S/C15H32N2/c1-13(2)16-9-6-10-17-11-7-14(8-12-17)15(3,4)5/h13-14,16H,6-12H2,1-5H3. The number of nitrogens with one attached hydrogen (secondary N) is 1. The monoisotopic (exact) mass is 240 g/mol. The van der Waals surface area contributed by atoms with Crippen molar-refractivity contribution in [2.24, 2.45) is 11.3 Å². The molecule has 1 fully saturated rings. The number of likely N-dealkylation sites (tertiary alicyclic amines) is 1. The summed E-state index contributed by atoms with van der Waals surface area (Å²) in [5.74, 6) is 0.924. The van der Waals surface area contributed by atoms with Crippen LogP contribution in [0.2, 0.25) is 0 Å². The molecule has 102 valence electrons. The summed E-state index contributed by atoms with van der Waals surface area (Å²) < 4.78 is 0. The molecule has 0 radical (unpaired) electrons. The number of hydrogen-bond acceptors (Lipinski definition) is 2. The molecule has 0 atom stereocenters. The second kappa shape index (κ2) is 6.75. The van der Waals surface area contributed by atoms with Crippen molar-refractivity contribution in [2.75, 3.05) is 26.2 Å². The highest BCUT2D eigenvalue weighted by Gasteiger charge is 2.28. The molecule has 1 saturated heterocycles. The van der Waals surface area contributed by atoms with Crippen LogP contribution in [0.1, 0.15) is 53.9 Å². The second-order valence-corrected chi connectivity index (χ2v) is 6.94. The van der Waals surface area contributed by atoms with Crippen LogP contribution in [0.4, 0.5) is 0 Å². The SMILES string of the molecule is CC(C)NCCCN1CCC(C(C)(C)C)CC1. The summed E-state index contributed by atoms with van der Waals surface area (Å²) >= 11 is 0. The van der Waals surface area contributed by atoms with Crippen molar-refractivity contribution in [3.63, 3.8) is 0 Å². The fraction of sp³-hybridized carbons (Fsp3) is 1.00. The van der Waals surface area contributed by atoms with Crippen LogP contribution in [-0.2, 0) is 0 Å². The lowest BCUT2D eigenvalue weighted by Gasteiger charge is -2.38. The van der Waals surface area contributed by atoms with Gasteiger partial charge in [-0.2, -0.15) is 0 Å². The largest absolute Gasteiger partial charge is 0.314 e. The van der Waals surface area contributed by atoms with Gasteiger partial charge in [-0.25, -0.2) is 0 Å². The highest BCUT2D eigenvalue weighted by Crippen LogP contribution is 2.34. The van der Waals surface area contributed by atoms with E-state index in [1.54, 1.807) is 0 Å². The molecular formula is C15H32N2. The molecule has 0 unspecified atom stereocenters. The normalized spacial score (nSPS) is 20.1. The lowest BCUT2D eigenvalue weighted by Crippen LogP contribution is -2.39. The second-order valence-electron chi connectivity index (χ2n) is 6.94. The third kappa shape index (κ3) is 5.87. The average molecular weight is 240 g/mol. The first-order chi connectivity index (χ1) is 7.89. The molecule has 1 heterocycles. The van der Waals surface area contributed by atoms with Crippen LogP contribution in [0, 0.1) is 11.3 Å². The molecule has 1 aliphatic heterocycles. The molecule has 0 amide bonds. The Bertz CT molecular complexity index is 197. The van der Waals surface area contributed by atoms with Crippen molar-refractivity contribution >= 4 is 0 Å². The molecule has 1 aliphatic rings. The average Bonchev–Trinajstić information content (AvgIpc) is 2.23. The number of rotatable bonds is 5. The predicted molar refractivity (Wildman–Crippen MR) is 76.4 cm³/mol. The summed E-state index contributed by atoms with van der Waals surface area (Å²) in [7, 11) is 0. The lowest BCUT2D eigenvalue weighted by molar-refractivity contribution is 0.111. The fourth-order valence-corrected chi connectivity index (χ4v) is 2.72. The summed E-state index contributed by atoms with van der Waals surface area (Å²) in [6, 6.07) is 0.627. The Morgan fingerprint density at radius 2 is 1.76 bits per heavy atom. The Morgan fingerprint density at radius 3 is 2.24 bits per heavy atom. The van der Waals surface area contributed by atoms with Crippen LogP contribution in [0.15, 0.2) is 0 Å². The van der Waals surface area contributed by atoms with Crippen LogP contribution in [0.5, 0.6) is 0 Å². The Hall–Kier alpha value is -0.0800. The van der Waals surface area contributed by atoms with Gasteiger partial charge in [0.2, 0.25) is 0 Å². The molecule has 0 aromatic rings. The highest BCUT2D eigenvalue weighted by molar-refractivity contribution is 4.80. The highest BCUT2D eigenvalue weighted by atomic mass is 15.1. The van der Waals surface area contributed by atoms with E-state index in [4.69, 9.17) is 0 Å². The molecule has 2 nitrogen and oxygen atoms in total. The molecule has 2 heteroatoms. The van der Waals surface area contributed by atoms with E-state index in [1.165, 1.54) is 38.9 Å². The maximum atomic E-state index is 3.49. The molecule has 1 rings (SSSR count). The van der Waals surface area contributed by atoms with Crippen LogP contribution in [0.25, 0.3) is 0 Å². The van der Waals surface area contributed by atoms with E-state index in [1.807, 2.05) is 0 Å². The molecule has 17 heavy (non-hydrogen) atoms. The van der Waals surface area contributed by atoms with Crippen LogP contribution in [0.3, 0.4) is 0 Å². The smallest absolute Gasteiger partial charge is 0.00103 e. The van der Waals surface area contributed by atoms with Gasteiger partial charge in [-0.15, -0.1) is 0 Å². The summed E-state index contributed by atoms with van der Waals surface area (Å²) in [4.78, 5) is 2.64. The fourth-order valence-electron chi connectivity index (χ4n) is 2.72. The van der Waals surface area contributed by atoms with Crippen molar-refractivity contribution in [2.45, 2.75) is 59.9 Å². The van der Waals surface area contributed by atoms with E-state index < -0.39 is 0 Å². The lowest BCUT2D eigenvalue weighted by atomic mass is 9.75. The summed E-state index contributed by atoms with van der Waals surface area (Å²) in [5.41, 5.74) is 0.505. The summed E-state index contributed by atoms with van der Waals surface area (Å²) in [6.07, 6.45) is 4.07. The van der Waals surface area contributed by atoms with Crippen molar-refractivity contribution in [3.8, 4) is 0 Å². The summed E-state index contributed by atoms with van der Waals surface area (Å²) in [5, 5.41) is 3.49. The third-order valence-corrected chi connectivity index (χ3v) is 4.02. The van der Waals surface area contributed by atoms with Crippen molar-refractivity contribution < 1.29 is 0 Å². The number of hydrogen-bond donors (Lipinski definition) is 1. The van der Waals surface area contributed by atoms with E-state index in [2.05, 4.69) is 44.8 Å². The van der Waals surface area contributed by atoms with Gasteiger partial charge in [0, 0.05) is 6.04 Å². The van der Waals surface area contributed by atoms with Crippen molar-refractivity contribution in [1.82, 2.24) is 10.2 Å². The third-order valence-electron chi connectivity index (χ3n) is 4.02. The first kappa shape index (κ1) is 15.0. The molecule has 0 bridgehead atoms. The molecule has 0 aromatic heterocycles. The van der Waals surface area contributed by atoms with E-state index in [0.717, 1.165) is 12.5 Å². The molecule has 0 aliphatic carbocycles. The first-order valence-electron chi connectivity index (χ1n) is 7.35. The topological polar surface area (TPSA) is 15.3 Å². The van der Waals surface area contributed by atoms with Gasteiger partial charge >= 0.3 is 0 Å². The minimum Gasteiger partial charge on any atom is -0.314 e. The van der Waals surface area contributed by atoms with Gasteiger partial charge in [0.1, 0.15) is 0 Å². The van der Waals surface area contributed by atoms with Crippen molar-refractivity contribution in [3.05, 3.63) is 0 Å². The summed E-state index contributed by atoms with van der Waals surface area (Å²) in [6.45, 7) is 16.7.